The number of hydrogen-bond acceptors (Lipinski definition) is 3. The third-order valence-electron chi connectivity index (χ3n) is 3.83. The Balaban J connectivity index is 2.00. The van der Waals surface area contributed by atoms with E-state index in [2.05, 4.69) is 5.32 Å². The van der Waals surface area contributed by atoms with Gasteiger partial charge in [0.15, 0.2) is 0 Å². The summed E-state index contributed by atoms with van der Waals surface area (Å²) in [7, 11) is 0. The lowest BCUT2D eigenvalue weighted by Gasteiger charge is -2.17. The lowest BCUT2D eigenvalue weighted by molar-refractivity contribution is -0.120. The number of halogens is 3. The van der Waals surface area contributed by atoms with Crippen molar-refractivity contribution in [2.75, 3.05) is 10.2 Å². The summed E-state index contributed by atoms with van der Waals surface area (Å²) in [6.07, 6.45) is 0. The van der Waals surface area contributed by atoms with Gasteiger partial charge < -0.3 is 5.32 Å². The van der Waals surface area contributed by atoms with Crippen LogP contribution in [0.4, 0.5) is 11.4 Å². The number of hydrogen-bond donors (Lipinski definition) is 1. The van der Waals surface area contributed by atoms with Crippen molar-refractivity contribution in [2.24, 2.45) is 0 Å². The van der Waals surface area contributed by atoms with E-state index in [1.54, 1.807) is 6.07 Å². The first-order chi connectivity index (χ1) is 11.8. The van der Waals surface area contributed by atoms with E-state index in [1.807, 2.05) is 32.0 Å². The van der Waals surface area contributed by atoms with Crippen LogP contribution in [0.2, 0.25) is 10.0 Å². The number of anilines is 2. The van der Waals surface area contributed by atoms with Gasteiger partial charge in [-0.1, -0.05) is 46.9 Å². The smallest absolute Gasteiger partial charge is 0.283 e. The number of imide groups is 1. The SMILES string of the molecule is Cc1ccc(C)c(NC2=C(Cl)C(=O)N(c3cc(Cl)ccc3Cl)C2=O)c1. The van der Waals surface area contributed by atoms with Crippen molar-refractivity contribution >= 4 is 58.0 Å². The van der Waals surface area contributed by atoms with Gasteiger partial charge in [-0.05, 0) is 49.2 Å². The van der Waals surface area contributed by atoms with Crippen LogP contribution in [-0.2, 0) is 9.59 Å². The van der Waals surface area contributed by atoms with E-state index in [4.69, 9.17) is 34.8 Å². The lowest BCUT2D eigenvalue weighted by Crippen LogP contribution is -2.32. The predicted octanol–water partition coefficient (Wildman–Crippen LogP) is 5.05. The monoisotopic (exact) mass is 394 g/mol. The normalized spacial score (nSPS) is 14.5. The van der Waals surface area contributed by atoms with Crippen molar-refractivity contribution < 1.29 is 9.59 Å². The zero-order valence-electron chi connectivity index (χ0n) is 13.4. The Hall–Kier alpha value is -2.01. The zero-order valence-corrected chi connectivity index (χ0v) is 15.6. The molecular weight excluding hydrogens is 383 g/mol. The second kappa shape index (κ2) is 6.71. The van der Waals surface area contributed by atoms with Gasteiger partial charge in [0.1, 0.15) is 10.7 Å². The lowest BCUT2D eigenvalue weighted by atomic mass is 10.1. The van der Waals surface area contributed by atoms with Crippen molar-refractivity contribution in [3.63, 3.8) is 0 Å². The zero-order chi connectivity index (χ0) is 18.3. The van der Waals surface area contributed by atoms with Crippen LogP contribution >= 0.6 is 34.8 Å². The quantitative estimate of drug-likeness (QED) is 0.740. The van der Waals surface area contributed by atoms with Gasteiger partial charge in [-0.25, -0.2) is 4.90 Å². The van der Waals surface area contributed by atoms with Crippen molar-refractivity contribution in [1.82, 2.24) is 0 Å². The minimum atomic E-state index is -0.649. The first kappa shape index (κ1) is 17.8. The Morgan fingerprint density at radius 3 is 2.36 bits per heavy atom. The molecule has 2 amide bonds. The molecule has 2 aromatic carbocycles. The average Bonchev–Trinajstić information content (AvgIpc) is 2.77. The topological polar surface area (TPSA) is 49.4 Å². The van der Waals surface area contributed by atoms with Gasteiger partial charge >= 0.3 is 0 Å². The van der Waals surface area contributed by atoms with Gasteiger partial charge in [0.2, 0.25) is 0 Å². The third kappa shape index (κ3) is 3.25. The van der Waals surface area contributed by atoms with Crippen LogP contribution in [0, 0.1) is 13.8 Å². The molecule has 1 heterocycles. The van der Waals surface area contributed by atoms with E-state index in [0.29, 0.717) is 10.7 Å². The molecule has 4 nitrogen and oxygen atoms in total. The Kier molecular flexibility index (Phi) is 4.78. The Bertz CT molecular complexity index is 938. The van der Waals surface area contributed by atoms with Crippen molar-refractivity contribution in [2.45, 2.75) is 13.8 Å². The molecule has 25 heavy (non-hydrogen) atoms. The number of nitrogens with one attached hydrogen (secondary N) is 1. The molecule has 0 aromatic heterocycles. The fourth-order valence-corrected chi connectivity index (χ4v) is 3.07. The van der Waals surface area contributed by atoms with Crippen LogP contribution in [0.25, 0.3) is 0 Å². The van der Waals surface area contributed by atoms with E-state index in [0.717, 1.165) is 16.0 Å². The maximum Gasteiger partial charge on any atom is 0.283 e. The highest BCUT2D eigenvalue weighted by atomic mass is 35.5. The van der Waals surface area contributed by atoms with Gasteiger partial charge in [-0.2, -0.15) is 0 Å². The molecule has 0 radical (unpaired) electrons. The summed E-state index contributed by atoms with van der Waals surface area (Å²) in [4.78, 5) is 26.2. The largest absolute Gasteiger partial charge is 0.349 e. The number of carbonyl (C=O) groups excluding carboxylic acids is 2. The minimum Gasteiger partial charge on any atom is -0.349 e. The van der Waals surface area contributed by atoms with Crippen LogP contribution in [0.15, 0.2) is 47.1 Å². The number of nitrogens with zero attached hydrogens (tertiary/aromatic N) is 1. The van der Waals surface area contributed by atoms with Crippen LogP contribution in [0.5, 0.6) is 0 Å². The van der Waals surface area contributed by atoms with Gasteiger partial charge in [0, 0.05) is 10.7 Å². The van der Waals surface area contributed by atoms with E-state index >= 15 is 0 Å². The molecule has 128 valence electrons. The molecule has 0 bridgehead atoms. The number of benzene rings is 2. The van der Waals surface area contributed by atoms with Crippen molar-refractivity contribution in [1.29, 1.82) is 0 Å². The molecule has 0 atom stereocenters. The van der Waals surface area contributed by atoms with Crippen LogP contribution < -0.4 is 10.2 Å². The number of carbonyl (C=O) groups is 2. The third-order valence-corrected chi connectivity index (χ3v) is 4.73. The average molecular weight is 396 g/mol. The van der Waals surface area contributed by atoms with Gasteiger partial charge in [0.05, 0.1) is 10.7 Å². The highest BCUT2D eigenvalue weighted by molar-refractivity contribution is 6.54. The van der Waals surface area contributed by atoms with E-state index in [9.17, 15) is 9.59 Å². The highest BCUT2D eigenvalue weighted by Gasteiger charge is 2.40. The summed E-state index contributed by atoms with van der Waals surface area (Å²) in [5.41, 5.74) is 2.84. The van der Waals surface area contributed by atoms with Gasteiger partial charge in [0.25, 0.3) is 11.8 Å². The van der Waals surface area contributed by atoms with Crippen LogP contribution in [0.3, 0.4) is 0 Å². The predicted molar refractivity (Wildman–Crippen MR) is 101 cm³/mol. The van der Waals surface area contributed by atoms with E-state index in [-0.39, 0.29) is 21.4 Å². The fraction of sp³-hybridized carbons (Fsp3) is 0.111. The first-order valence-corrected chi connectivity index (χ1v) is 8.51. The van der Waals surface area contributed by atoms with Crippen LogP contribution in [-0.4, -0.2) is 11.8 Å². The highest BCUT2D eigenvalue weighted by Crippen LogP contribution is 2.36. The van der Waals surface area contributed by atoms with Crippen LogP contribution in [0.1, 0.15) is 11.1 Å². The summed E-state index contributed by atoms with van der Waals surface area (Å²) in [5.74, 6) is -1.23. The molecule has 3 rings (SSSR count). The number of aryl methyl sites for hydroxylation is 2. The standard InChI is InChI=1S/C18H13Cl3N2O2/c1-9-3-4-10(2)13(7-9)22-16-15(21)17(24)23(18(16)25)14-8-11(19)5-6-12(14)20/h3-8,22H,1-2H3. The summed E-state index contributed by atoms with van der Waals surface area (Å²) in [5, 5.41) is 3.36. The van der Waals surface area contributed by atoms with E-state index < -0.39 is 11.8 Å². The maximum atomic E-state index is 12.8. The molecule has 0 fully saturated rings. The molecular formula is C18H13Cl3N2O2. The Labute approximate surface area is 160 Å². The van der Waals surface area contributed by atoms with E-state index in [1.165, 1.54) is 12.1 Å². The molecule has 0 saturated carbocycles. The number of rotatable bonds is 3. The Morgan fingerprint density at radius 1 is 0.920 bits per heavy atom. The van der Waals surface area contributed by atoms with Crippen molar-refractivity contribution in [3.05, 3.63) is 68.3 Å². The summed E-state index contributed by atoms with van der Waals surface area (Å²) >= 11 is 18.2. The van der Waals surface area contributed by atoms with Gasteiger partial charge in [-0.3, -0.25) is 9.59 Å². The Morgan fingerprint density at radius 2 is 1.64 bits per heavy atom. The molecule has 1 N–H and O–H groups in total. The molecule has 0 aliphatic carbocycles. The molecule has 1 aliphatic heterocycles. The summed E-state index contributed by atoms with van der Waals surface area (Å²) < 4.78 is 0. The second-order valence-electron chi connectivity index (χ2n) is 5.67. The molecule has 0 spiro atoms. The molecule has 2 aromatic rings. The molecule has 7 heteroatoms. The van der Waals surface area contributed by atoms with Crippen molar-refractivity contribution in [3.8, 4) is 0 Å². The number of amides is 2. The molecule has 0 saturated heterocycles. The fourth-order valence-electron chi connectivity index (χ4n) is 2.49. The van der Waals surface area contributed by atoms with Gasteiger partial charge in [-0.15, -0.1) is 0 Å². The second-order valence-corrected chi connectivity index (χ2v) is 6.90. The summed E-state index contributed by atoms with van der Waals surface area (Å²) in [6.45, 7) is 3.82. The summed E-state index contributed by atoms with van der Waals surface area (Å²) in [6, 6.07) is 10.3. The molecule has 0 unspecified atom stereocenters. The maximum absolute atomic E-state index is 12.8. The minimum absolute atomic E-state index is 0.0106. The molecule has 1 aliphatic rings. The first-order valence-electron chi connectivity index (χ1n) is 7.37.